The number of hydrogen-bond acceptors (Lipinski definition) is 6. The lowest BCUT2D eigenvalue weighted by Gasteiger charge is -2.44. The van der Waals surface area contributed by atoms with Crippen LogP contribution < -0.4 is 10.1 Å². The molecule has 1 unspecified atom stereocenters. The van der Waals surface area contributed by atoms with Gasteiger partial charge >= 0.3 is 0 Å². The van der Waals surface area contributed by atoms with E-state index in [0.717, 1.165) is 27.6 Å². The Hall–Kier alpha value is -3.96. The number of benzene rings is 3. The zero-order valence-corrected chi connectivity index (χ0v) is 27.3. The Bertz CT molecular complexity index is 1620. The molecule has 4 atom stereocenters. The van der Waals surface area contributed by atoms with Crippen molar-refractivity contribution in [1.82, 2.24) is 9.88 Å². The smallest absolute Gasteiger partial charge is 0.228 e. The van der Waals surface area contributed by atoms with E-state index < -0.39 is 20.0 Å². The van der Waals surface area contributed by atoms with E-state index in [1.165, 1.54) is 0 Å². The van der Waals surface area contributed by atoms with Crippen LogP contribution in [0.25, 0.3) is 10.9 Å². The van der Waals surface area contributed by atoms with Gasteiger partial charge in [0.25, 0.3) is 0 Å². The molecule has 1 aliphatic rings. The number of carbonyl (C=O) groups excluding carboxylic acids is 2. The molecule has 1 aromatic heterocycles. The lowest BCUT2D eigenvalue weighted by atomic mass is 9.86. The molecule has 5 rings (SSSR count). The lowest BCUT2D eigenvalue weighted by molar-refractivity contribution is -0.133. The van der Waals surface area contributed by atoms with Gasteiger partial charge in [0.05, 0.1) is 19.1 Å². The molecular weight excluding hydrogens is 586 g/mol. The predicted molar refractivity (Wildman–Crippen MR) is 177 cm³/mol. The SMILES string of the molecule is CO[C@@H]1c2cc(NC(=O)Cc3c[nH]c4ccccc34)ccc2O[C@H](C(CC(=O)N(CCO)Cc2ccccc2)[Si](C)(C)O)[C@H]1C. The molecule has 0 saturated heterocycles. The number of rotatable bonds is 12. The fourth-order valence-electron chi connectivity index (χ4n) is 6.41. The maximum Gasteiger partial charge on any atom is 0.228 e. The van der Waals surface area contributed by atoms with Crippen molar-refractivity contribution >= 4 is 36.7 Å². The molecule has 45 heavy (non-hydrogen) atoms. The van der Waals surface area contributed by atoms with Gasteiger partial charge in [0.2, 0.25) is 11.8 Å². The van der Waals surface area contributed by atoms with E-state index in [0.29, 0.717) is 18.0 Å². The first-order chi connectivity index (χ1) is 21.6. The van der Waals surface area contributed by atoms with Gasteiger partial charge in [-0.15, -0.1) is 0 Å². The van der Waals surface area contributed by atoms with Crippen molar-refractivity contribution in [1.29, 1.82) is 0 Å². The number of aromatic amines is 1. The summed E-state index contributed by atoms with van der Waals surface area (Å²) in [6, 6.07) is 23.1. The number of para-hydroxylation sites is 1. The molecule has 2 amide bonds. The van der Waals surface area contributed by atoms with Gasteiger partial charge in [-0.1, -0.05) is 55.5 Å². The molecule has 3 aromatic carbocycles. The normalized spacial score (nSPS) is 18.6. The van der Waals surface area contributed by atoms with Crippen molar-refractivity contribution in [3.8, 4) is 5.75 Å². The number of aliphatic hydroxyl groups excluding tert-OH is 1. The molecule has 0 bridgehead atoms. The summed E-state index contributed by atoms with van der Waals surface area (Å²) in [5, 5.41) is 13.7. The number of nitrogens with zero attached hydrogens (tertiary/aromatic N) is 1. The molecule has 1 aliphatic heterocycles. The van der Waals surface area contributed by atoms with Gasteiger partial charge in [-0.3, -0.25) is 9.59 Å². The Labute approximate surface area is 265 Å². The third-order valence-corrected chi connectivity index (χ3v) is 11.1. The minimum Gasteiger partial charge on any atom is -0.490 e. The Kier molecular flexibility index (Phi) is 10.1. The van der Waals surface area contributed by atoms with Crippen LogP contribution in [-0.4, -0.2) is 66.3 Å². The van der Waals surface area contributed by atoms with Crippen LogP contribution in [0.15, 0.2) is 79.0 Å². The van der Waals surface area contributed by atoms with Crippen molar-refractivity contribution in [3.05, 3.63) is 95.7 Å². The molecule has 4 aromatic rings. The van der Waals surface area contributed by atoms with Gasteiger partial charge in [0.1, 0.15) is 11.9 Å². The van der Waals surface area contributed by atoms with Crippen molar-refractivity contribution in [3.63, 3.8) is 0 Å². The molecule has 0 radical (unpaired) electrons. The molecule has 0 fully saturated rings. The summed E-state index contributed by atoms with van der Waals surface area (Å²) in [5.41, 5.74) is 3.89. The van der Waals surface area contributed by atoms with Crippen LogP contribution in [0.3, 0.4) is 0 Å². The number of H-pyrrole nitrogens is 1. The highest BCUT2D eigenvalue weighted by Crippen LogP contribution is 2.47. The van der Waals surface area contributed by atoms with Gasteiger partial charge < -0.3 is 34.6 Å². The van der Waals surface area contributed by atoms with E-state index in [-0.39, 0.29) is 49.8 Å². The zero-order chi connectivity index (χ0) is 32.1. The number of nitrogens with one attached hydrogen (secondary N) is 2. The van der Waals surface area contributed by atoms with Gasteiger partial charge in [0.15, 0.2) is 8.32 Å². The first kappa shape index (κ1) is 32.4. The summed E-state index contributed by atoms with van der Waals surface area (Å²) in [6.45, 7) is 6.10. The van der Waals surface area contributed by atoms with Crippen LogP contribution >= 0.6 is 0 Å². The number of aliphatic hydroxyl groups is 1. The van der Waals surface area contributed by atoms with E-state index in [9.17, 15) is 19.5 Å². The summed E-state index contributed by atoms with van der Waals surface area (Å²) < 4.78 is 12.6. The summed E-state index contributed by atoms with van der Waals surface area (Å²) in [5.74, 6) is 0.130. The Morgan fingerprint density at radius 1 is 1.09 bits per heavy atom. The highest BCUT2D eigenvalue weighted by molar-refractivity contribution is 6.71. The number of fused-ring (bicyclic) bond motifs is 2. The maximum absolute atomic E-state index is 13.7. The number of aromatic nitrogens is 1. The van der Waals surface area contributed by atoms with E-state index in [1.807, 2.05) is 92.9 Å². The minimum atomic E-state index is -2.94. The molecule has 238 valence electrons. The second-order valence-corrected chi connectivity index (χ2v) is 16.5. The topological polar surface area (TPSA) is 124 Å². The first-order valence-corrected chi connectivity index (χ1v) is 18.4. The fraction of sp³-hybridized carbons (Fsp3) is 0.371. The standard InChI is InChI=1S/C35H43N3O6Si/c1-23-34(43-2)28-19-26(37-32(40)18-25-21-36-29-13-9-8-12-27(25)29)14-15-30(28)44-35(23)31(45(3,4)42)20-33(41)38(16-17-39)22-24-10-6-5-7-11-24/h5-15,19,21,23,31,34-36,39,42H,16-18,20,22H2,1-4H3,(H,37,40)/t23-,31?,34-,35-/m0/s1. The minimum absolute atomic E-state index is 0.0886. The zero-order valence-electron chi connectivity index (χ0n) is 26.3. The first-order valence-electron chi connectivity index (χ1n) is 15.4. The summed E-state index contributed by atoms with van der Waals surface area (Å²) >= 11 is 0. The van der Waals surface area contributed by atoms with Crippen molar-refractivity contribution in [2.45, 2.75) is 57.2 Å². The lowest BCUT2D eigenvalue weighted by Crippen LogP contribution is -2.50. The number of ether oxygens (including phenoxy) is 2. The number of carbonyl (C=O) groups is 2. The van der Waals surface area contributed by atoms with E-state index in [1.54, 1.807) is 18.1 Å². The second-order valence-electron chi connectivity index (χ2n) is 12.4. The number of hydrogen-bond donors (Lipinski definition) is 4. The molecule has 0 aliphatic carbocycles. The number of methoxy groups -OCH3 is 1. The maximum atomic E-state index is 13.7. The largest absolute Gasteiger partial charge is 0.490 e. The fourth-order valence-corrected chi connectivity index (χ4v) is 8.26. The van der Waals surface area contributed by atoms with E-state index in [2.05, 4.69) is 10.3 Å². The summed E-state index contributed by atoms with van der Waals surface area (Å²) in [6.07, 6.45) is 1.33. The van der Waals surface area contributed by atoms with Gasteiger partial charge in [0, 0.05) is 66.4 Å². The summed E-state index contributed by atoms with van der Waals surface area (Å²) in [7, 11) is -1.30. The molecule has 10 heteroatoms. The Morgan fingerprint density at radius 3 is 2.53 bits per heavy atom. The van der Waals surface area contributed by atoms with Crippen LogP contribution in [0.5, 0.6) is 5.75 Å². The van der Waals surface area contributed by atoms with Crippen LogP contribution in [0.1, 0.15) is 36.1 Å². The van der Waals surface area contributed by atoms with Crippen LogP contribution in [0.2, 0.25) is 18.6 Å². The molecular formula is C35H43N3O6Si. The van der Waals surface area contributed by atoms with Crippen molar-refractivity contribution in [2.75, 3.05) is 25.6 Å². The van der Waals surface area contributed by atoms with Gasteiger partial charge in [-0.2, -0.15) is 0 Å². The van der Waals surface area contributed by atoms with Crippen LogP contribution in [0.4, 0.5) is 5.69 Å². The van der Waals surface area contributed by atoms with Gasteiger partial charge in [-0.05, 0) is 48.5 Å². The van der Waals surface area contributed by atoms with E-state index >= 15 is 0 Å². The molecule has 2 heterocycles. The van der Waals surface area contributed by atoms with Crippen molar-refractivity contribution in [2.24, 2.45) is 5.92 Å². The monoisotopic (exact) mass is 629 g/mol. The quantitative estimate of drug-likeness (QED) is 0.155. The molecule has 4 N–H and O–H groups in total. The Balaban J connectivity index is 1.33. The number of amides is 2. The summed E-state index contributed by atoms with van der Waals surface area (Å²) in [4.78, 5) is 43.0. The molecule has 0 saturated carbocycles. The third kappa shape index (κ3) is 7.47. The third-order valence-electron chi connectivity index (χ3n) is 8.78. The predicted octanol–water partition coefficient (Wildman–Crippen LogP) is 5.41. The molecule has 9 nitrogen and oxygen atoms in total. The van der Waals surface area contributed by atoms with Crippen LogP contribution in [-0.2, 0) is 27.3 Å². The second kappa shape index (κ2) is 14.0. The molecule has 0 spiro atoms. The van der Waals surface area contributed by atoms with Crippen molar-refractivity contribution < 1.29 is 29.0 Å². The average Bonchev–Trinajstić information content (AvgIpc) is 3.42. The number of anilines is 1. The average molecular weight is 630 g/mol. The highest BCUT2D eigenvalue weighted by Gasteiger charge is 2.47. The highest BCUT2D eigenvalue weighted by atomic mass is 28.4. The van der Waals surface area contributed by atoms with Gasteiger partial charge in [-0.25, -0.2) is 0 Å². The van der Waals surface area contributed by atoms with Crippen LogP contribution in [0, 0.1) is 5.92 Å². The van der Waals surface area contributed by atoms with E-state index in [4.69, 9.17) is 9.47 Å². The Morgan fingerprint density at radius 2 is 1.82 bits per heavy atom.